The third-order valence-electron chi connectivity index (χ3n) is 1.93. The zero-order valence-electron chi connectivity index (χ0n) is 9.45. The van der Waals surface area contributed by atoms with Crippen molar-refractivity contribution in [3.63, 3.8) is 0 Å². The van der Waals surface area contributed by atoms with E-state index in [-0.39, 0.29) is 5.91 Å². The fourth-order valence-electron chi connectivity index (χ4n) is 1.16. The Morgan fingerprint density at radius 3 is 2.47 bits per heavy atom. The van der Waals surface area contributed by atoms with Crippen molar-refractivity contribution in [2.45, 2.75) is 20.0 Å². The predicted molar refractivity (Wildman–Crippen MR) is 68.8 cm³/mol. The molecule has 3 N–H and O–H groups in total. The largest absolute Gasteiger partial charge is 0.384 e. The lowest BCUT2D eigenvalue weighted by Crippen LogP contribution is -2.25. The molecule has 0 saturated carbocycles. The molecule has 1 aromatic carbocycles. The second-order valence-electron chi connectivity index (χ2n) is 3.54. The third kappa shape index (κ3) is 4.16. The first-order valence-corrected chi connectivity index (χ1v) is 5.75. The van der Waals surface area contributed by atoms with E-state index in [1.807, 2.05) is 0 Å². The third-order valence-corrected chi connectivity index (χ3v) is 2.42. The van der Waals surface area contributed by atoms with Crippen molar-refractivity contribution in [1.29, 1.82) is 0 Å². The minimum absolute atomic E-state index is 0.236. The summed E-state index contributed by atoms with van der Waals surface area (Å²) in [7, 11) is 0. The van der Waals surface area contributed by atoms with Gasteiger partial charge in [0.05, 0.1) is 11.4 Å². The number of hydrogen-bond acceptors (Lipinski definition) is 3. The second-order valence-corrected chi connectivity index (χ2v) is 4.45. The van der Waals surface area contributed by atoms with Gasteiger partial charge in [-0.3, -0.25) is 9.59 Å². The highest BCUT2D eigenvalue weighted by Gasteiger charge is 2.12. The number of aliphatic hydroxyl groups is 1. The standard InChI is InChI=1S/C11H13BrN2O3/c1-6(15)11(17)14-10-5-8(12)3-4-9(10)13-7(2)16/h3-6,15H,1-2H3,(H,13,16)(H,14,17). The molecule has 0 aromatic heterocycles. The van der Waals surface area contributed by atoms with Gasteiger partial charge in [-0.1, -0.05) is 15.9 Å². The lowest BCUT2D eigenvalue weighted by atomic mass is 10.2. The van der Waals surface area contributed by atoms with Crippen LogP contribution in [-0.2, 0) is 9.59 Å². The number of hydrogen-bond donors (Lipinski definition) is 3. The van der Waals surface area contributed by atoms with Crippen LogP contribution in [0.15, 0.2) is 22.7 Å². The maximum absolute atomic E-state index is 11.4. The Labute approximate surface area is 107 Å². The lowest BCUT2D eigenvalue weighted by Gasteiger charge is -2.12. The number of nitrogens with one attached hydrogen (secondary N) is 2. The maximum atomic E-state index is 11.4. The van der Waals surface area contributed by atoms with Gasteiger partial charge in [-0.25, -0.2) is 0 Å². The van der Waals surface area contributed by atoms with Crippen molar-refractivity contribution in [3.05, 3.63) is 22.7 Å². The molecule has 17 heavy (non-hydrogen) atoms. The molecule has 0 aliphatic carbocycles. The minimum atomic E-state index is -1.11. The van der Waals surface area contributed by atoms with Crippen LogP contribution in [-0.4, -0.2) is 23.0 Å². The molecule has 2 amide bonds. The van der Waals surface area contributed by atoms with Crippen LogP contribution >= 0.6 is 15.9 Å². The van der Waals surface area contributed by atoms with Crippen molar-refractivity contribution in [2.24, 2.45) is 0 Å². The van der Waals surface area contributed by atoms with Crippen molar-refractivity contribution < 1.29 is 14.7 Å². The number of benzene rings is 1. The van der Waals surface area contributed by atoms with E-state index in [0.29, 0.717) is 11.4 Å². The highest BCUT2D eigenvalue weighted by molar-refractivity contribution is 9.10. The van der Waals surface area contributed by atoms with Crippen LogP contribution in [0.2, 0.25) is 0 Å². The summed E-state index contributed by atoms with van der Waals surface area (Å²) in [6.45, 7) is 2.74. The van der Waals surface area contributed by atoms with E-state index in [1.165, 1.54) is 13.8 Å². The first-order chi connectivity index (χ1) is 7.90. The van der Waals surface area contributed by atoms with Crippen LogP contribution in [0.5, 0.6) is 0 Å². The normalized spacial score (nSPS) is 11.8. The summed E-state index contributed by atoms with van der Waals surface area (Å²) in [4.78, 5) is 22.4. The first kappa shape index (κ1) is 13.7. The molecule has 0 spiro atoms. The van der Waals surface area contributed by atoms with Crippen molar-refractivity contribution >= 4 is 39.1 Å². The van der Waals surface area contributed by atoms with Crippen LogP contribution in [0, 0.1) is 0 Å². The summed E-state index contributed by atoms with van der Waals surface area (Å²) >= 11 is 3.26. The van der Waals surface area contributed by atoms with E-state index < -0.39 is 12.0 Å². The summed E-state index contributed by atoms with van der Waals surface area (Å²) in [5, 5.41) is 14.2. The van der Waals surface area contributed by atoms with E-state index in [2.05, 4.69) is 26.6 Å². The van der Waals surface area contributed by atoms with Gasteiger partial charge in [0.2, 0.25) is 5.91 Å². The van der Waals surface area contributed by atoms with E-state index in [9.17, 15) is 9.59 Å². The molecule has 0 radical (unpaired) electrons. The molecule has 0 aliphatic heterocycles. The van der Waals surface area contributed by atoms with Gasteiger partial charge in [0.1, 0.15) is 6.10 Å². The Hall–Kier alpha value is -1.40. The SMILES string of the molecule is CC(=O)Nc1ccc(Br)cc1NC(=O)C(C)O. The Bertz CT molecular complexity index is 446. The molecule has 0 fully saturated rings. The number of amides is 2. The fourth-order valence-corrected chi connectivity index (χ4v) is 1.52. The highest BCUT2D eigenvalue weighted by atomic mass is 79.9. The fraction of sp³-hybridized carbons (Fsp3) is 0.273. The highest BCUT2D eigenvalue weighted by Crippen LogP contribution is 2.26. The molecule has 1 unspecified atom stereocenters. The van der Waals surface area contributed by atoms with Gasteiger partial charge in [0.25, 0.3) is 5.91 Å². The van der Waals surface area contributed by atoms with E-state index in [1.54, 1.807) is 18.2 Å². The van der Waals surface area contributed by atoms with Gasteiger partial charge in [-0.05, 0) is 25.1 Å². The average molecular weight is 301 g/mol. The molecule has 92 valence electrons. The number of halogens is 1. The lowest BCUT2D eigenvalue weighted by molar-refractivity contribution is -0.123. The summed E-state index contributed by atoms with van der Waals surface area (Å²) in [6, 6.07) is 5.04. The van der Waals surface area contributed by atoms with E-state index in [4.69, 9.17) is 5.11 Å². The van der Waals surface area contributed by atoms with Gasteiger partial charge < -0.3 is 15.7 Å². The topological polar surface area (TPSA) is 78.4 Å². The molecule has 1 atom stereocenters. The van der Waals surface area contributed by atoms with E-state index in [0.717, 1.165) is 4.47 Å². The van der Waals surface area contributed by atoms with Crippen molar-refractivity contribution in [3.8, 4) is 0 Å². The minimum Gasteiger partial charge on any atom is -0.384 e. The van der Waals surface area contributed by atoms with Gasteiger partial charge in [-0.15, -0.1) is 0 Å². The van der Waals surface area contributed by atoms with Gasteiger partial charge in [0, 0.05) is 11.4 Å². The summed E-state index contributed by atoms with van der Waals surface area (Å²) in [6.07, 6.45) is -1.11. The van der Waals surface area contributed by atoms with Crippen LogP contribution in [0.3, 0.4) is 0 Å². The number of carbonyl (C=O) groups excluding carboxylic acids is 2. The monoisotopic (exact) mass is 300 g/mol. The van der Waals surface area contributed by atoms with Crippen LogP contribution in [0.1, 0.15) is 13.8 Å². The molecule has 0 aliphatic rings. The average Bonchev–Trinajstić information content (AvgIpc) is 2.21. The van der Waals surface area contributed by atoms with Crippen LogP contribution in [0.25, 0.3) is 0 Å². The number of rotatable bonds is 3. The Morgan fingerprint density at radius 2 is 1.94 bits per heavy atom. The van der Waals surface area contributed by atoms with Gasteiger partial charge in [0.15, 0.2) is 0 Å². The Morgan fingerprint density at radius 1 is 1.29 bits per heavy atom. The first-order valence-electron chi connectivity index (χ1n) is 4.96. The Kier molecular flexibility index (Phi) is 4.65. The van der Waals surface area contributed by atoms with Crippen LogP contribution < -0.4 is 10.6 Å². The number of anilines is 2. The van der Waals surface area contributed by atoms with Crippen molar-refractivity contribution in [1.82, 2.24) is 0 Å². The molecule has 6 heteroatoms. The molecule has 0 heterocycles. The van der Waals surface area contributed by atoms with Gasteiger partial charge in [-0.2, -0.15) is 0 Å². The summed E-state index contributed by atoms with van der Waals surface area (Å²) < 4.78 is 0.757. The molecule has 1 rings (SSSR count). The van der Waals surface area contributed by atoms with Crippen LogP contribution in [0.4, 0.5) is 11.4 Å². The molecule has 0 saturated heterocycles. The molecular weight excluding hydrogens is 288 g/mol. The van der Waals surface area contributed by atoms with Gasteiger partial charge >= 0.3 is 0 Å². The van der Waals surface area contributed by atoms with Crippen molar-refractivity contribution in [2.75, 3.05) is 10.6 Å². The second kappa shape index (κ2) is 5.79. The van der Waals surface area contributed by atoms with E-state index >= 15 is 0 Å². The quantitative estimate of drug-likeness (QED) is 0.795. The number of aliphatic hydroxyl groups excluding tert-OH is 1. The molecular formula is C11H13BrN2O3. The zero-order valence-corrected chi connectivity index (χ0v) is 11.0. The zero-order chi connectivity index (χ0) is 13.0. The predicted octanol–water partition coefficient (Wildman–Crippen LogP) is 1.73. The maximum Gasteiger partial charge on any atom is 0.252 e. The molecule has 0 bridgehead atoms. The Balaban J connectivity index is 2.98. The molecule has 1 aromatic rings. The number of carbonyl (C=O) groups is 2. The smallest absolute Gasteiger partial charge is 0.252 e. The molecule has 5 nitrogen and oxygen atoms in total. The summed E-state index contributed by atoms with van der Waals surface area (Å²) in [5.74, 6) is -0.769. The summed E-state index contributed by atoms with van der Waals surface area (Å²) in [5.41, 5.74) is 0.912.